The van der Waals surface area contributed by atoms with Crippen molar-refractivity contribution in [2.45, 2.75) is 24.2 Å². The van der Waals surface area contributed by atoms with E-state index in [1.54, 1.807) is 29.5 Å². The first-order valence-corrected chi connectivity index (χ1v) is 8.82. The third-order valence-electron chi connectivity index (χ3n) is 3.22. The van der Waals surface area contributed by atoms with Crippen molar-refractivity contribution in [1.82, 2.24) is 4.72 Å². The van der Waals surface area contributed by atoms with Crippen LogP contribution in [-0.4, -0.2) is 15.0 Å². The zero-order chi connectivity index (χ0) is 15.5. The van der Waals surface area contributed by atoms with Gasteiger partial charge in [0.05, 0.1) is 5.69 Å². The highest BCUT2D eigenvalue weighted by Crippen LogP contribution is 2.27. The van der Waals surface area contributed by atoms with Crippen LogP contribution < -0.4 is 16.0 Å². The molecule has 0 bridgehead atoms. The summed E-state index contributed by atoms with van der Waals surface area (Å²) in [4.78, 5) is 1.28. The maximum absolute atomic E-state index is 12.4. The number of hydrazine groups is 1. The van der Waals surface area contributed by atoms with Gasteiger partial charge in [0.15, 0.2) is 0 Å². The number of anilines is 1. The Hall–Kier alpha value is -1.41. The molecule has 0 atom stereocenters. The highest BCUT2D eigenvalue weighted by atomic mass is 32.2. The first-order chi connectivity index (χ1) is 9.87. The van der Waals surface area contributed by atoms with Crippen LogP contribution in [0, 0.1) is 0 Å². The Kier molecular flexibility index (Phi) is 4.67. The Morgan fingerprint density at radius 1 is 1.19 bits per heavy atom. The minimum Gasteiger partial charge on any atom is -0.323 e. The Labute approximate surface area is 129 Å². The molecule has 4 N–H and O–H groups in total. The van der Waals surface area contributed by atoms with Gasteiger partial charge in [0.25, 0.3) is 0 Å². The summed E-state index contributed by atoms with van der Waals surface area (Å²) in [7, 11) is -3.62. The zero-order valence-corrected chi connectivity index (χ0v) is 13.6. The first-order valence-electron chi connectivity index (χ1n) is 6.46. The molecule has 1 aromatic heterocycles. The topological polar surface area (TPSA) is 84.2 Å². The second-order valence-corrected chi connectivity index (χ2v) is 8.01. The fourth-order valence-electron chi connectivity index (χ4n) is 1.92. The summed E-state index contributed by atoms with van der Waals surface area (Å²) in [6, 6.07) is 10.5. The minimum absolute atomic E-state index is 0.148. The molecule has 5 nitrogen and oxygen atoms in total. The molecule has 0 aliphatic rings. The van der Waals surface area contributed by atoms with Crippen LogP contribution in [0.5, 0.6) is 0 Å². The predicted octanol–water partition coefficient (Wildman–Crippen LogP) is 2.29. The van der Waals surface area contributed by atoms with Gasteiger partial charge in [-0.2, -0.15) is 0 Å². The van der Waals surface area contributed by atoms with E-state index < -0.39 is 10.0 Å². The number of nitrogens with one attached hydrogen (secondary N) is 2. The molecule has 0 aliphatic carbocycles. The van der Waals surface area contributed by atoms with E-state index in [2.05, 4.69) is 10.1 Å². The van der Waals surface area contributed by atoms with Gasteiger partial charge in [-0.15, -0.1) is 11.3 Å². The summed E-state index contributed by atoms with van der Waals surface area (Å²) >= 11 is 1.62. The van der Waals surface area contributed by atoms with Gasteiger partial charge >= 0.3 is 0 Å². The molecule has 2 rings (SSSR count). The van der Waals surface area contributed by atoms with Gasteiger partial charge in [-0.3, -0.25) is 5.84 Å². The molecular weight excluding hydrogens is 306 g/mol. The highest BCUT2D eigenvalue weighted by Gasteiger charge is 2.26. The molecule has 1 heterocycles. The first kappa shape index (κ1) is 16.0. The molecule has 1 aromatic carbocycles. The van der Waals surface area contributed by atoms with Crippen molar-refractivity contribution in [2.24, 2.45) is 5.84 Å². The van der Waals surface area contributed by atoms with Crippen molar-refractivity contribution in [3.8, 4) is 0 Å². The fraction of sp³-hybridized carbons (Fsp3) is 0.286. The normalized spacial score (nSPS) is 12.3. The van der Waals surface area contributed by atoms with Crippen molar-refractivity contribution < 1.29 is 8.42 Å². The van der Waals surface area contributed by atoms with Crippen molar-refractivity contribution in [1.29, 1.82) is 0 Å². The minimum atomic E-state index is -3.62. The van der Waals surface area contributed by atoms with E-state index in [0.717, 1.165) is 4.88 Å². The Bertz CT molecular complexity index is 695. The molecule has 0 radical (unpaired) electrons. The van der Waals surface area contributed by atoms with Gasteiger partial charge in [-0.25, -0.2) is 13.1 Å². The van der Waals surface area contributed by atoms with Gasteiger partial charge < -0.3 is 5.43 Å². The molecule has 7 heteroatoms. The summed E-state index contributed by atoms with van der Waals surface area (Å²) in [6.45, 7) is 4.33. The molecule has 0 amide bonds. The Morgan fingerprint density at radius 2 is 1.90 bits per heavy atom. The Balaban J connectivity index is 2.19. The molecule has 0 aliphatic heterocycles. The quantitative estimate of drug-likeness (QED) is 0.562. The van der Waals surface area contributed by atoms with Crippen LogP contribution in [0.15, 0.2) is 46.7 Å². The number of rotatable bonds is 6. The molecule has 0 saturated heterocycles. The lowest BCUT2D eigenvalue weighted by Crippen LogP contribution is -2.36. The van der Waals surface area contributed by atoms with Gasteiger partial charge in [0.1, 0.15) is 4.90 Å². The number of hydrogen-bond acceptors (Lipinski definition) is 5. The fourth-order valence-corrected chi connectivity index (χ4v) is 4.16. The van der Waals surface area contributed by atoms with E-state index in [4.69, 9.17) is 5.84 Å². The second-order valence-electron chi connectivity index (χ2n) is 5.33. The maximum atomic E-state index is 12.4. The lowest BCUT2D eigenvalue weighted by Gasteiger charge is -2.24. The van der Waals surface area contributed by atoms with E-state index in [1.807, 2.05) is 31.4 Å². The van der Waals surface area contributed by atoms with E-state index in [-0.39, 0.29) is 10.3 Å². The van der Waals surface area contributed by atoms with Crippen LogP contribution in [0.3, 0.4) is 0 Å². The van der Waals surface area contributed by atoms with Crippen LogP contribution in [0.2, 0.25) is 0 Å². The summed E-state index contributed by atoms with van der Waals surface area (Å²) in [5.41, 5.74) is 2.51. The third kappa shape index (κ3) is 3.62. The van der Waals surface area contributed by atoms with E-state index >= 15 is 0 Å². The average molecular weight is 325 g/mol. The molecule has 0 saturated carbocycles. The van der Waals surface area contributed by atoms with Crippen molar-refractivity contribution in [3.05, 3.63) is 46.7 Å². The third-order valence-corrected chi connectivity index (χ3v) is 5.92. The molecule has 0 fully saturated rings. The number of thiophene rings is 1. The standard InChI is InChI=1S/C14H19N3O2S2/c1-14(2,13-8-5-9-20-13)10-16-21(18,19)12-7-4-3-6-11(12)17-15/h3-9,16-17H,10,15H2,1-2H3. The molecule has 114 valence electrons. The number of sulfonamides is 1. The van der Waals surface area contributed by atoms with Crippen LogP contribution >= 0.6 is 11.3 Å². The lowest BCUT2D eigenvalue weighted by atomic mass is 9.92. The van der Waals surface area contributed by atoms with Gasteiger partial charge in [0, 0.05) is 16.8 Å². The number of benzene rings is 1. The van der Waals surface area contributed by atoms with Crippen molar-refractivity contribution >= 4 is 27.0 Å². The monoisotopic (exact) mass is 325 g/mol. The molecule has 21 heavy (non-hydrogen) atoms. The molecule has 0 unspecified atom stereocenters. The van der Waals surface area contributed by atoms with Gasteiger partial charge in [-0.1, -0.05) is 32.0 Å². The van der Waals surface area contributed by atoms with Crippen LogP contribution in [-0.2, 0) is 15.4 Å². The smallest absolute Gasteiger partial charge is 0.242 e. The zero-order valence-electron chi connectivity index (χ0n) is 12.0. The lowest BCUT2D eigenvalue weighted by molar-refractivity contribution is 0.509. The van der Waals surface area contributed by atoms with E-state index in [1.165, 1.54) is 6.07 Å². The number of hydrogen-bond donors (Lipinski definition) is 3. The van der Waals surface area contributed by atoms with Gasteiger partial charge in [-0.05, 0) is 23.6 Å². The van der Waals surface area contributed by atoms with Crippen molar-refractivity contribution in [2.75, 3.05) is 12.0 Å². The summed E-state index contributed by atoms with van der Waals surface area (Å²) in [5.74, 6) is 5.37. The molecule has 2 aromatic rings. The van der Waals surface area contributed by atoms with Crippen molar-refractivity contribution in [3.63, 3.8) is 0 Å². The second kappa shape index (κ2) is 6.15. The molecule has 0 spiro atoms. The average Bonchev–Trinajstić information content (AvgIpc) is 3.00. The number of nitrogen functional groups attached to an aromatic ring is 1. The predicted molar refractivity (Wildman–Crippen MR) is 86.8 cm³/mol. The van der Waals surface area contributed by atoms with Gasteiger partial charge in [0.2, 0.25) is 10.0 Å². The van der Waals surface area contributed by atoms with E-state index in [9.17, 15) is 8.42 Å². The largest absolute Gasteiger partial charge is 0.323 e. The highest BCUT2D eigenvalue weighted by molar-refractivity contribution is 7.89. The summed E-state index contributed by atoms with van der Waals surface area (Å²) < 4.78 is 27.5. The SMILES string of the molecule is CC(C)(CNS(=O)(=O)c1ccccc1NN)c1cccs1. The maximum Gasteiger partial charge on any atom is 0.242 e. The summed E-state index contributed by atoms with van der Waals surface area (Å²) in [5, 5.41) is 1.99. The number of para-hydroxylation sites is 1. The van der Waals surface area contributed by atoms with Crippen LogP contribution in [0.4, 0.5) is 5.69 Å². The molecular formula is C14H19N3O2S2. The van der Waals surface area contributed by atoms with Crippen LogP contribution in [0.25, 0.3) is 0 Å². The summed E-state index contributed by atoms with van der Waals surface area (Å²) in [6.07, 6.45) is 0. The number of nitrogens with two attached hydrogens (primary N) is 1. The Morgan fingerprint density at radius 3 is 2.52 bits per heavy atom. The van der Waals surface area contributed by atoms with E-state index in [0.29, 0.717) is 12.2 Å². The van der Waals surface area contributed by atoms with Crippen LogP contribution in [0.1, 0.15) is 18.7 Å².